The summed E-state index contributed by atoms with van der Waals surface area (Å²) < 4.78 is 10.0. The van der Waals surface area contributed by atoms with Crippen molar-refractivity contribution in [1.82, 2.24) is 10.3 Å². The van der Waals surface area contributed by atoms with E-state index in [0.717, 1.165) is 11.3 Å². The molecule has 128 valence electrons. The molecule has 0 aliphatic heterocycles. The molecular formula is C16H13N3O5S. The smallest absolute Gasteiger partial charge is 0.414 e. The van der Waals surface area contributed by atoms with E-state index in [1.54, 1.807) is 36.6 Å². The maximum Gasteiger partial charge on any atom is 0.414 e. The maximum atomic E-state index is 12.3. The summed E-state index contributed by atoms with van der Waals surface area (Å²) in [6.07, 6.45) is -0.852. The molecule has 2 heterocycles. The number of rotatable bonds is 4. The van der Waals surface area contributed by atoms with Gasteiger partial charge >= 0.3 is 12.0 Å². The van der Waals surface area contributed by atoms with Crippen molar-refractivity contribution in [2.24, 2.45) is 0 Å². The highest BCUT2D eigenvalue weighted by Crippen LogP contribution is 2.24. The summed E-state index contributed by atoms with van der Waals surface area (Å²) in [7, 11) is 0. The Morgan fingerprint density at radius 2 is 2.00 bits per heavy atom. The Kier molecular flexibility index (Phi) is 4.75. The summed E-state index contributed by atoms with van der Waals surface area (Å²) in [4.78, 5) is 39.8. The van der Waals surface area contributed by atoms with Gasteiger partial charge in [-0.1, -0.05) is 12.1 Å². The molecule has 0 aliphatic rings. The number of hydrogen-bond acceptors (Lipinski definition) is 7. The fourth-order valence-corrected chi connectivity index (χ4v) is 2.82. The second-order valence-corrected chi connectivity index (χ2v) is 5.69. The molecule has 0 atom stereocenters. The second kappa shape index (κ2) is 7.14. The Labute approximate surface area is 145 Å². The number of carbonyl (C=O) groups excluding carboxylic acids is 3. The predicted octanol–water partition coefficient (Wildman–Crippen LogP) is 3.03. The van der Waals surface area contributed by atoms with Crippen molar-refractivity contribution in [3.05, 3.63) is 47.2 Å². The van der Waals surface area contributed by atoms with E-state index < -0.39 is 17.9 Å². The number of anilines is 1. The largest absolute Gasteiger partial charge is 0.450 e. The van der Waals surface area contributed by atoms with Crippen LogP contribution in [0.4, 0.5) is 9.80 Å². The van der Waals surface area contributed by atoms with Gasteiger partial charge in [0, 0.05) is 0 Å². The number of hydrogen-bond donors (Lipinski definition) is 2. The standard InChI is InChI=1S/C16H13N3O5S/c1-2-23-16(22)19-12(20)9-7-8-25-15(9)18-13(21)14-17-10-5-3-4-6-11(10)24-14/h3-8H,2H2,1H3,(H,18,21)(H,19,20,22). The minimum atomic E-state index is -0.852. The third-order valence-corrected chi connectivity index (χ3v) is 3.95. The summed E-state index contributed by atoms with van der Waals surface area (Å²) in [6, 6.07) is 8.46. The molecule has 2 aromatic heterocycles. The van der Waals surface area contributed by atoms with E-state index in [0.29, 0.717) is 11.1 Å². The number of ether oxygens (including phenoxy) is 1. The Morgan fingerprint density at radius 1 is 1.20 bits per heavy atom. The number of amides is 3. The van der Waals surface area contributed by atoms with Crippen LogP contribution in [0.5, 0.6) is 0 Å². The van der Waals surface area contributed by atoms with E-state index in [9.17, 15) is 14.4 Å². The Balaban J connectivity index is 1.75. The van der Waals surface area contributed by atoms with Crippen LogP contribution in [0.2, 0.25) is 0 Å². The lowest BCUT2D eigenvalue weighted by atomic mass is 10.3. The number of fused-ring (bicyclic) bond motifs is 1. The van der Waals surface area contributed by atoms with Gasteiger partial charge in [0.15, 0.2) is 5.58 Å². The summed E-state index contributed by atoms with van der Waals surface area (Å²) >= 11 is 1.13. The van der Waals surface area contributed by atoms with Gasteiger partial charge in [-0.25, -0.2) is 9.78 Å². The van der Waals surface area contributed by atoms with Gasteiger partial charge in [0.1, 0.15) is 10.5 Å². The number of imide groups is 1. The number of para-hydroxylation sites is 2. The lowest BCUT2D eigenvalue weighted by molar-refractivity contribution is 0.0926. The monoisotopic (exact) mass is 359 g/mol. The predicted molar refractivity (Wildman–Crippen MR) is 90.8 cm³/mol. The molecule has 0 aliphatic carbocycles. The fraction of sp³-hybridized carbons (Fsp3) is 0.125. The van der Waals surface area contributed by atoms with E-state index in [4.69, 9.17) is 4.42 Å². The Bertz CT molecular complexity index is 913. The number of nitrogens with zero attached hydrogens (tertiary/aromatic N) is 1. The molecular weight excluding hydrogens is 346 g/mol. The van der Waals surface area contributed by atoms with Crippen molar-refractivity contribution in [2.75, 3.05) is 11.9 Å². The van der Waals surface area contributed by atoms with Crippen molar-refractivity contribution in [2.45, 2.75) is 6.92 Å². The van der Waals surface area contributed by atoms with Crippen LogP contribution in [0, 0.1) is 0 Å². The summed E-state index contributed by atoms with van der Waals surface area (Å²) in [5, 5.41) is 6.52. The summed E-state index contributed by atoms with van der Waals surface area (Å²) in [6.45, 7) is 1.77. The molecule has 1 aromatic carbocycles. The molecule has 0 unspecified atom stereocenters. The van der Waals surface area contributed by atoms with Crippen LogP contribution in [0.15, 0.2) is 40.1 Å². The zero-order chi connectivity index (χ0) is 17.8. The number of alkyl carbamates (subject to hydrolysis) is 1. The first-order valence-electron chi connectivity index (χ1n) is 7.31. The lowest BCUT2D eigenvalue weighted by Gasteiger charge is -2.05. The molecule has 0 saturated heterocycles. The van der Waals surface area contributed by atoms with Crippen LogP contribution in [-0.4, -0.2) is 29.5 Å². The van der Waals surface area contributed by atoms with Gasteiger partial charge in [0.05, 0.1) is 12.2 Å². The first kappa shape index (κ1) is 16.7. The van der Waals surface area contributed by atoms with Gasteiger partial charge in [0.25, 0.3) is 11.8 Å². The molecule has 8 nitrogen and oxygen atoms in total. The van der Waals surface area contributed by atoms with Gasteiger partial charge in [0.2, 0.25) is 0 Å². The average molecular weight is 359 g/mol. The highest BCUT2D eigenvalue weighted by atomic mass is 32.1. The molecule has 0 radical (unpaired) electrons. The van der Waals surface area contributed by atoms with E-state index in [-0.39, 0.29) is 23.1 Å². The van der Waals surface area contributed by atoms with Crippen LogP contribution in [0.3, 0.4) is 0 Å². The molecule has 0 bridgehead atoms. The minimum Gasteiger partial charge on any atom is -0.450 e. The van der Waals surface area contributed by atoms with E-state index >= 15 is 0 Å². The van der Waals surface area contributed by atoms with Crippen LogP contribution in [0.25, 0.3) is 11.1 Å². The molecule has 9 heteroatoms. The molecule has 3 amide bonds. The second-order valence-electron chi connectivity index (χ2n) is 4.78. The third kappa shape index (κ3) is 3.66. The normalized spacial score (nSPS) is 10.4. The average Bonchev–Trinajstić information content (AvgIpc) is 3.21. The first-order chi connectivity index (χ1) is 12.1. The highest BCUT2D eigenvalue weighted by Gasteiger charge is 2.20. The zero-order valence-corrected chi connectivity index (χ0v) is 13.9. The number of aromatic nitrogens is 1. The number of carbonyl (C=O) groups is 3. The molecule has 0 spiro atoms. The van der Waals surface area contributed by atoms with Crippen LogP contribution in [-0.2, 0) is 4.74 Å². The minimum absolute atomic E-state index is 0.119. The molecule has 0 fully saturated rings. The van der Waals surface area contributed by atoms with Crippen molar-refractivity contribution < 1.29 is 23.5 Å². The van der Waals surface area contributed by atoms with E-state index in [2.05, 4.69) is 20.4 Å². The van der Waals surface area contributed by atoms with Crippen LogP contribution in [0.1, 0.15) is 28.0 Å². The van der Waals surface area contributed by atoms with E-state index in [1.807, 2.05) is 0 Å². The van der Waals surface area contributed by atoms with Crippen LogP contribution >= 0.6 is 11.3 Å². The Hall–Kier alpha value is -3.20. The number of benzene rings is 1. The molecule has 0 saturated carbocycles. The highest BCUT2D eigenvalue weighted by molar-refractivity contribution is 7.14. The number of oxazole rings is 1. The first-order valence-corrected chi connectivity index (χ1v) is 8.19. The van der Waals surface area contributed by atoms with Crippen LogP contribution < -0.4 is 10.6 Å². The van der Waals surface area contributed by atoms with E-state index in [1.165, 1.54) is 6.07 Å². The number of thiophene rings is 1. The molecule has 25 heavy (non-hydrogen) atoms. The van der Waals surface area contributed by atoms with Gasteiger partial charge in [-0.15, -0.1) is 11.3 Å². The lowest BCUT2D eigenvalue weighted by Crippen LogP contribution is -2.31. The van der Waals surface area contributed by atoms with Crippen molar-refractivity contribution in [3.63, 3.8) is 0 Å². The third-order valence-electron chi connectivity index (χ3n) is 3.12. The van der Waals surface area contributed by atoms with Gasteiger partial charge < -0.3 is 14.5 Å². The Morgan fingerprint density at radius 3 is 2.76 bits per heavy atom. The fourth-order valence-electron chi connectivity index (χ4n) is 2.04. The summed E-state index contributed by atoms with van der Waals surface area (Å²) in [5.41, 5.74) is 1.18. The van der Waals surface area contributed by atoms with Gasteiger partial charge in [-0.05, 0) is 30.5 Å². The quantitative estimate of drug-likeness (QED) is 0.741. The van der Waals surface area contributed by atoms with Gasteiger partial charge in [-0.2, -0.15) is 0 Å². The molecule has 3 aromatic rings. The van der Waals surface area contributed by atoms with Crippen molar-refractivity contribution in [1.29, 1.82) is 0 Å². The van der Waals surface area contributed by atoms with Crippen molar-refractivity contribution >= 4 is 45.3 Å². The van der Waals surface area contributed by atoms with Crippen molar-refractivity contribution in [3.8, 4) is 0 Å². The zero-order valence-electron chi connectivity index (χ0n) is 13.1. The topological polar surface area (TPSA) is 111 Å². The number of nitrogens with one attached hydrogen (secondary N) is 2. The summed E-state index contributed by atoms with van der Waals surface area (Å²) in [5.74, 6) is -1.39. The SMILES string of the molecule is CCOC(=O)NC(=O)c1ccsc1NC(=O)c1nc2ccccc2o1. The van der Waals surface area contributed by atoms with Gasteiger partial charge in [-0.3, -0.25) is 14.9 Å². The molecule has 2 N–H and O–H groups in total. The maximum absolute atomic E-state index is 12.3. The molecule has 3 rings (SSSR count).